The number of pyridine rings is 6. The second-order valence-electron chi connectivity index (χ2n) is 24.8. The highest BCUT2D eigenvalue weighted by atomic mass is 19.1. The predicted molar refractivity (Wildman–Crippen MR) is 384 cm³/mol. The number of aromatic hydroxyl groups is 2. The molecule has 28 nitrogen and oxygen atoms in total. The largest absolute Gasteiger partial charge is 0.505 e. The van der Waals surface area contributed by atoms with Crippen LogP contribution in [0.25, 0.3) is 33.1 Å². The number of halogens is 3. The number of nitrogens with zero attached hydrogens (tertiary/aromatic N) is 6. The number of amides is 5. The van der Waals surface area contributed by atoms with Gasteiger partial charge in [-0.1, -0.05) is 78.9 Å². The van der Waals surface area contributed by atoms with E-state index in [4.69, 9.17) is 34.2 Å². The highest BCUT2D eigenvalue weighted by Crippen LogP contribution is 2.42. The van der Waals surface area contributed by atoms with Crippen LogP contribution < -0.4 is 67.4 Å². The molecule has 0 radical (unpaired) electrons. The number of methoxy groups -OCH3 is 1. The van der Waals surface area contributed by atoms with E-state index in [0.717, 1.165) is 32.4 Å². The van der Waals surface area contributed by atoms with Gasteiger partial charge in [0.25, 0.3) is 46.2 Å². The molecule has 0 saturated heterocycles. The average Bonchev–Trinajstić information content (AvgIpc) is 0.743. The quantitative estimate of drug-likeness (QED) is 0.0449. The Morgan fingerprint density at radius 1 is 0.519 bits per heavy atom. The van der Waals surface area contributed by atoms with E-state index in [1.165, 1.54) is 79.1 Å². The molecule has 9 heterocycles. The number of carbonyl (C=O) groups excluding carboxylic acids is 6. The summed E-state index contributed by atoms with van der Waals surface area (Å²) in [6.45, 7) is 1.33. The number of ether oxygens (including phenoxy) is 6. The summed E-state index contributed by atoms with van der Waals surface area (Å²) in [7, 11) is 5.89. The van der Waals surface area contributed by atoms with Crippen molar-refractivity contribution in [2.75, 3.05) is 34.9 Å². The lowest BCUT2D eigenvalue weighted by Gasteiger charge is -2.29. The molecule has 0 bridgehead atoms. The van der Waals surface area contributed by atoms with Crippen molar-refractivity contribution >= 4 is 68.6 Å². The minimum Gasteiger partial charge on any atom is -0.505 e. The first-order chi connectivity index (χ1) is 52.0. The van der Waals surface area contributed by atoms with E-state index in [0.29, 0.717) is 34.4 Å². The number of nitrogens with one attached hydrogen (secondary N) is 4. The number of nitrogens with two attached hydrogens (primary N) is 1. The lowest BCUT2D eigenvalue weighted by molar-refractivity contribution is -0.129. The van der Waals surface area contributed by atoms with E-state index in [9.17, 15) is 66.5 Å². The van der Waals surface area contributed by atoms with E-state index in [1.54, 1.807) is 80.9 Å². The number of hydrogen-bond donors (Lipinski definition) is 7. The molecule has 0 fully saturated rings. The zero-order valence-electron chi connectivity index (χ0n) is 58.4. The molecule has 3 atom stereocenters. The van der Waals surface area contributed by atoms with Gasteiger partial charge in [-0.2, -0.15) is 0 Å². The van der Waals surface area contributed by atoms with Crippen LogP contribution >= 0.6 is 0 Å². The van der Waals surface area contributed by atoms with Gasteiger partial charge in [-0.25, -0.2) is 18.0 Å². The van der Waals surface area contributed by atoms with Crippen LogP contribution in [0.3, 0.4) is 0 Å². The van der Waals surface area contributed by atoms with Gasteiger partial charge >= 0.3 is 5.97 Å². The summed E-state index contributed by atoms with van der Waals surface area (Å²) in [4.78, 5) is 129. The average molecular weight is 1480 g/mol. The molecule has 5 aromatic carbocycles. The normalized spacial score (nSPS) is 14.2. The van der Waals surface area contributed by atoms with Crippen molar-refractivity contribution in [3.05, 3.63) is 256 Å². The molecule has 11 aromatic rings. The van der Waals surface area contributed by atoms with Crippen LogP contribution in [-0.2, 0) is 71.2 Å². The standard InChI is InChI=1S/C29H26FN3O6.C28H25FN4O6.C20H17FN4O5/c1-3-37-29(36)22-26(38-16-18-7-5-4-6-8-18)23-24-25(39-21(27(34)31-2)15-33(24)28(22)35)19(14-32-23)13-17-9-11-20(30)12-10-17;1-30-26(35)20-14-33-23-22(31-13-17(25(23)39-20)11-15-3-7-18(29)8-4-15)24(34)21(28(33)37)27(36)32-12-16-5-9-19(38-2)10-6-16;1-23-19(28)12-8-25-15-14(16(26)13(18(22)27)20(25)29)24-7-10(17(15)30-12)6-9-2-4-11(21)5-3-9/h4-12,14,21H,3,13,15-16H2,1-2H3,(H,31,34);3-10,13,20,34H,11-12,14H2,1-2H3,(H,30,35)(H,32,36);2-5,7,12,26H,6,8H2,1H3,(H2,22,27)(H,23,28)/t21-;20-;12-/m000/s1. The molecule has 3 aliphatic heterocycles. The highest BCUT2D eigenvalue weighted by Gasteiger charge is 2.39. The van der Waals surface area contributed by atoms with E-state index < -0.39 is 93.1 Å². The molecule has 0 saturated carbocycles. The summed E-state index contributed by atoms with van der Waals surface area (Å²) in [6.07, 6.45) is 2.07. The van der Waals surface area contributed by atoms with Gasteiger partial charge in [0.1, 0.15) is 74.0 Å². The fourth-order valence-corrected chi connectivity index (χ4v) is 12.6. The van der Waals surface area contributed by atoms with E-state index in [-0.39, 0.29) is 126 Å². The zero-order valence-corrected chi connectivity index (χ0v) is 58.4. The molecule has 554 valence electrons. The van der Waals surface area contributed by atoms with Crippen LogP contribution in [-0.4, -0.2) is 128 Å². The third-order valence-electron chi connectivity index (χ3n) is 17.9. The number of likely N-dealkylation sites (N-methyl/N-ethyl adjacent to an activating group) is 3. The molecule has 0 aliphatic carbocycles. The molecular formula is C77H68F3N11O17. The number of aromatic nitrogens is 6. The van der Waals surface area contributed by atoms with Gasteiger partial charge in [0.05, 0.1) is 33.4 Å². The molecule has 0 spiro atoms. The van der Waals surface area contributed by atoms with Crippen LogP contribution in [0.2, 0.25) is 0 Å². The zero-order chi connectivity index (χ0) is 76.8. The van der Waals surface area contributed by atoms with Crippen LogP contribution in [0.5, 0.6) is 40.2 Å². The van der Waals surface area contributed by atoms with Crippen molar-refractivity contribution in [1.29, 1.82) is 0 Å². The summed E-state index contributed by atoms with van der Waals surface area (Å²) in [5.41, 5.74) is 7.81. The third kappa shape index (κ3) is 15.1. The minimum absolute atomic E-state index is 0.0163. The Bertz CT molecular complexity index is 5570. The summed E-state index contributed by atoms with van der Waals surface area (Å²) >= 11 is 0. The van der Waals surface area contributed by atoms with Crippen molar-refractivity contribution in [1.82, 2.24) is 49.9 Å². The van der Waals surface area contributed by atoms with E-state index in [2.05, 4.69) is 36.2 Å². The van der Waals surface area contributed by atoms with Crippen LogP contribution in [0.4, 0.5) is 13.2 Å². The molecule has 3 aliphatic rings. The topological polar surface area (TPSA) is 377 Å². The van der Waals surface area contributed by atoms with Crippen molar-refractivity contribution in [2.24, 2.45) is 5.73 Å². The maximum Gasteiger partial charge on any atom is 0.347 e. The molecule has 5 amide bonds. The Kier molecular flexibility index (Phi) is 21.8. The first-order valence-corrected chi connectivity index (χ1v) is 33.6. The van der Waals surface area contributed by atoms with Gasteiger partial charge < -0.3 is 65.6 Å². The molecular weight excluding hydrogens is 1410 g/mol. The molecule has 8 N–H and O–H groups in total. The van der Waals surface area contributed by atoms with Crippen LogP contribution in [0.1, 0.15) is 82.5 Å². The number of hydrogen-bond acceptors (Lipinski definition) is 20. The van der Waals surface area contributed by atoms with Crippen molar-refractivity contribution in [2.45, 2.75) is 77.3 Å². The maximum atomic E-state index is 13.8. The van der Waals surface area contributed by atoms with E-state index in [1.807, 2.05) is 30.3 Å². The van der Waals surface area contributed by atoms with Gasteiger partial charge in [-0.05, 0) is 83.3 Å². The molecule has 31 heteroatoms. The Hall–Kier alpha value is -13.6. The Balaban J connectivity index is 0.000000153. The molecule has 14 rings (SSSR count). The number of primary amides is 1. The Morgan fingerprint density at radius 2 is 0.898 bits per heavy atom. The second-order valence-corrected chi connectivity index (χ2v) is 24.8. The third-order valence-corrected chi connectivity index (χ3v) is 17.9. The van der Waals surface area contributed by atoms with E-state index >= 15 is 0 Å². The molecule has 108 heavy (non-hydrogen) atoms. The van der Waals surface area contributed by atoms with Gasteiger partial charge in [0.2, 0.25) is 0 Å². The SMILES string of the molecule is CCOC(=O)c1c(OCc2ccccc2)c2ncc(Cc3ccc(F)cc3)c3c2n(c1=O)C[C@@H](C(=O)NC)O3.CNC(=O)[C@@H]1Cn2c(=O)c(C(=O)NCc3ccc(OC)cc3)c(O)c3ncc(Cc4ccc(F)cc4)c(c32)O1.CNC(=O)[C@@H]1Cn2c(=O)c(C(N)=O)c(O)c3ncc(Cc4ccc(F)cc4)c(c32)O1. The Labute approximate surface area is 610 Å². The first kappa shape index (κ1) is 74.1. The molecule has 0 unspecified atom stereocenters. The first-order valence-electron chi connectivity index (χ1n) is 33.6. The highest BCUT2D eigenvalue weighted by molar-refractivity contribution is 6.04. The summed E-state index contributed by atoms with van der Waals surface area (Å²) in [5, 5.41) is 31.7. The van der Waals surface area contributed by atoms with Gasteiger partial charge in [0.15, 0.2) is 58.4 Å². The van der Waals surface area contributed by atoms with Gasteiger partial charge in [0, 0.05) is 82.2 Å². The fourth-order valence-electron chi connectivity index (χ4n) is 12.6. The lowest BCUT2D eigenvalue weighted by Crippen LogP contribution is -2.45. The van der Waals surface area contributed by atoms with Crippen molar-refractivity contribution < 1.29 is 80.6 Å². The predicted octanol–water partition coefficient (Wildman–Crippen LogP) is 6.10. The van der Waals surface area contributed by atoms with Crippen molar-refractivity contribution in [3.8, 4) is 40.2 Å². The summed E-state index contributed by atoms with van der Waals surface area (Å²) in [6, 6.07) is 33.9. The lowest BCUT2D eigenvalue weighted by atomic mass is 10.0. The number of rotatable bonds is 19. The van der Waals surface area contributed by atoms with Gasteiger partial charge in [-0.15, -0.1) is 0 Å². The monoisotopic (exact) mass is 1480 g/mol. The summed E-state index contributed by atoms with van der Waals surface area (Å²) < 4.78 is 78.3. The maximum absolute atomic E-state index is 13.8. The van der Waals surface area contributed by atoms with Gasteiger partial charge in [-0.3, -0.25) is 67.0 Å². The van der Waals surface area contributed by atoms with Crippen LogP contribution in [0.15, 0.2) is 160 Å². The smallest absolute Gasteiger partial charge is 0.347 e. The van der Waals surface area contributed by atoms with Crippen LogP contribution in [0, 0.1) is 17.5 Å². The summed E-state index contributed by atoms with van der Waals surface area (Å²) in [5.74, 6) is -5.24. The molecule has 6 aromatic heterocycles. The number of benzene rings is 5. The number of esters is 1. The second kappa shape index (κ2) is 31.8. The fraction of sp³-hybridized carbons (Fsp3) is 0.221. The Morgan fingerprint density at radius 3 is 1.30 bits per heavy atom. The van der Waals surface area contributed by atoms with Crippen molar-refractivity contribution in [3.63, 3.8) is 0 Å². The minimum atomic E-state index is -1.11. The number of carbonyl (C=O) groups is 6.